The van der Waals surface area contributed by atoms with Gasteiger partial charge in [0.1, 0.15) is 35.5 Å². The van der Waals surface area contributed by atoms with Gasteiger partial charge in [-0.2, -0.15) is 13.2 Å². The molecule has 4 heterocycles. The summed E-state index contributed by atoms with van der Waals surface area (Å²) in [5.41, 5.74) is -5.22. The molecule has 17 heteroatoms. The Morgan fingerprint density at radius 1 is 1.09 bits per heavy atom. The van der Waals surface area contributed by atoms with Gasteiger partial charge in [-0.05, 0) is 24.3 Å². The maximum Gasteiger partial charge on any atom is 0.418 e. The predicted octanol–water partition coefficient (Wildman–Crippen LogP) is 2.77. The Hall–Kier alpha value is -2.80. The third-order valence-corrected chi connectivity index (χ3v) is 9.05. The van der Waals surface area contributed by atoms with Crippen molar-refractivity contribution in [1.82, 2.24) is 20.0 Å². The highest BCUT2D eigenvalue weighted by Gasteiger charge is 2.51. The second kappa shape index (κ2) is 12.3. The molecule has 6 atom stereocenters. The Bertz CT molecular complexity index is 1420. The van der Waals surface area contributed by atoms with Gasteiger partial charge in [0.05, 0.1) is 34.9 Å². The number of rotatable bonds is 7. The van der Waals surface area contributed by atoms with Crippen molar-refractivity contribution in [2.24, 2.45) is 0 Å². The lowest BCUT2D eigenvalue weighted by Gasteiger charge is -2.45. The summed E-state index contributed by atoms with van der Waals surface area (Å²) in [5.74, 6) is -4.67. The quantitative estimate of drug-likeness (QED) is 0.226. The molecule has 1 aromatic carbocycles. The van der Waals surface area contributed by atoms with Crippen LogP contribution in [0.25, 0.3) is 11.3 Å². The van der Waals surface area contributed by atoms with E-state index in [9.17, 15) is 46.8 Å². The van der Waals surface area contributed by atoms with Gasteiger partial charge in [0.2, 0.25) is 0 Å². The van der Waals surface area contributed by atoms with Gasteiger partial charge in [-0.25, -0.2) is 17.9 Å². The van der Waals surface area contributed by atoms with E-state index in [0.29, 0.717) is 23.9 Å². The first-order chi connectivity index (χ1) is 20.3. The maximum absolute atomic E-state index is 14.0. The van der Waals surface area contributed by atoms with Crippen LogP contribution in [0.4, 0.5) is 26.3 Å². The SMILES string of the molecule is OC[C@H]1O[C@@H](S[C@@H](c2ncccc2C(F)(F)F)C2(O)CCOCC2)[C@H](O)[C@@H](n2cc(-c3cc(F)c(F)c(F)c3)nn2)[C@H]1O. The van der Waals surface area contributed by atoms with Crippen molar-refractivity contribution in [3.05, 3.63) is 65.4 Å². The molecule has 0 unspecified atom stereocenters. The highest BCUT2D eigenvalue weighted by molar-refractivity contribution is 8.00. The smallest absolute Gasteiger partial charge is 0.394 e. The van der Waals surface area contributed by atoms with E-state index in [4.69, 9.17) is 9.47 Å². The molecule has 2 aromatic heterocycles. The van der Waals surface area contributed by atoms with E-state index in [-0.39, 0.29) is 37.3 Å². The Kier molecular flexibility index (Phi) is 9.04. The third-order valence-electron chi connectivity index (χ3n) is 7.45. The number of aromatic nitrogens is 4. The fourth-order valence-electron chi connectivity index (χ4n) is 5.18. The average molecular weight is 637 g/mol. The van der Waals surface area contributed by atoms with Crippen molar-refractivity contribution >= 4 is 11.8 Å². The molecule has 4 N–H and O–H groups in total. The van der Waals surface area contributed by atoms with Gasteiger partial charge in [0.15, 0.2) is 17.5 Å². The van der Waals surface area contributed by atoms with Gasteiger partial charge < -0.3 is 29.9 Å². The van der Waals surface area contributed by atoms with E-state index in [0.717, 1.165) is 29.2 Å². The predicted molar refractivity (Wildman–Crippen MR) is 137 cm³/mol. The number of nitrogens with zero attached hydrogens (tertiary/aromatic N) is 4. The van der Waals surface area contributed by atoms with Gasteiger partial charge in [0, 0.05) is 37.8 Å². The Morgan fingerprint density at radius 2 is 1.77 bits per heavy atom. The van der Waals surface area contributed by atoms with E-state index in [1.54, 1.807) is 0 Å². The molecular weight excluding hydrogens is 610 g/mol. The molecule has 2 aliphatic heterocycles. The fraction of sp³-hybridized carbons (Fsp3) is 0.500. The summed E-state index contributed by atoms with van der Waals surface area (Å²) in [6, 6.07) is 1.82. The minimum atomic E-state index is -4.83. The molecular formula is C26H26F6N4O6S. The standard InChI is InChI=1S/C26H26F6N4O6S/c27-14-8-12(9-15(28)18(14)29)16-10-36(35-34-16)20-21(38)17(11-37)42-24(22(20)39)43-23(25(40)3-6-41-7-4-25)19-13(26(30,31)32)2-1-5-33-19/h1-2,5,8-10,17,20-24,37-40H,3-4,6-7,11H2/t17-,20+,21+,22-,23+,24+/m1/s1. The van der Waals surface area contributed by atoms with Gasteiger partial charge in [-0.3, -0.25) is 4.98 Å². The molecule has 0 spiro atoms. The summed E-state index contributed by atoms with van der Waals surface area (Å²) in [6.45, 7) is -0.691. The zero-order valence-corrected chi connectivity index (χ0v) is 22.9. The second-order valence-electron chi connectivity index (χ2n) is 10.2. The van der Waals surface area contributed by atoms with Crippen LogP contribution in [-0.2, 0) is 15.7 Å². The molecule has 0 saturated carbocycles. The molecule has 10 nitrogen and oxygen atoms in total. The van der Waals surface area contributed by atoms with Crippen LogP contribution < -0.4 is 0 Å². The summed E-state index contributed by atoms with van der Waals surface area (Å²) in [6.07, 6.45) is -7.47. The van der Waals surface area contributed by atoms with Gasteiger partial charge in [-0.1, -0.05) is 5.21 Å². The van der Waals surface area contributed by atoms with Crippen molar-refractivity contribution in [1.29, 1.82) is 0 Å². The molecule has 2 aliphatic rings. The molecule has 0 bridgehead atoms. The van der Waals surface area contributed by atoms with Crippen molar-refractivity contribution in [3.63, 3.8) is 0 Å². The minimum Gasteiger partial charge on any atom is -0.394 e. The molecule has 3 aromatic rings. The number of hydrogen-bond donors (Lipinski definition) is 4. The summed E-state index contributed by atoms with van der Waals surface area (Å²) in [7, 11) is 0. The molecule has 5 rings (SSSR count). The van der Waals surface area contributed by atoms with E-state index in [1.165, 1.54) is 0 Å². The lowest BCUT2D eigenvalue weighted by atomic mass is 9.87. The Balaban J connectivity index is 1.51. The number of halogens is 6. The average Bonchev–Trinajstić information content (AvgIpc) is 3.45. The second-order valence-corrected chi connectivity index (χ2v) is 11.4. The highest BCUT2D eigenvalue weighted by atomic mass is 32.2. The number of aliphatic hydroxyl groups is 4. The maximum atomic E-state index is 14.0. The normalized spacial score (nSPS) is 26.8. The first kappa shape index (κ1) is 31.6. The van der Waals surface area contributed by atoms with Crippen LogP contribution in [0.3, 0.4) is 0 Å². The summed E-state index contributed by atoms with van der Waals surface area (Å²) < 4.78 is 95.1. The van der Waals surface area contributed by atoms with E-state index in [2.05, 4.69) is 15.3 Å². The van der Waals surface area contributed by atoms with Gasteiger partial charge in [-0.15, -0.1) is 16.9 Å². The van der Waals surface area contributed by atoms with Gasteiger partial charge >= 0.3 is 6.18 Å². The van der Waals surface area contributed by atoms with Crippen LogP contribution in [0.15, 0.2) is 36.7 Å². The summed E-state index contributed by atoms with van der Waals surface area (Å²) >= 11 is 0.626. The van der Waals surface area contributed by atoms with Crippen LogP contribution >= 0.6 is 11.8 Å². The number of benzene rings is 1. The zero-order valence-electron chi connectivity index (χ0n) is 22.0. The number of alkyl halides is 3. The molecule has 0 amide bonds. The number of hydrogen-bond acceptors (Lipinski definition) is 10. The summed E-state index contributed by atoms with van der Waals surface area (Å²) in [5, 5.41) is 50.0. The number of pyridine rings is 1. The Morgan fingerprint density at radius 3 is 2.40 bits per heavy atom. The molecule has 0 aliphatic carbocycles. The van der Waals surface area contributed by atoms with E-state index in [1.807, 2.05) is 0 Å². The van der Waals surface area contributed by atoms with Crippen molar-refractivity contribution in [2.75, 3.05) is 19.8 Å². The monoisotopic (exact) mass is 636 g/mol. The van der Waals surface area contributed by atoms with Crippen molar-refractivity contribution in [2.45, 2.75) is 59.7 Å². The van der Waals surface area contributed by atoms with Crippen LogP contribution in [0.5, 0.6) is 0 Å². The van der Waals surface area contributed by atoms with Crippen molar-refractivity contribution < 1.29 is 56.2 Å². The van der Waals surface area contributed by atoms with Crippen molar-refractivity contribution in [3.8, 4) is 11.3 Å². The summed E-state index contributed by atoms with van der Waals surface area (Å²) in [4.78, 5) is 3.95. The third kappa shape index (κ3) is 6.25. The topological polar surface area (TPSA) is 143 Å². The van der Waals surface area contributed by atoms with Crippen LogP contribution in [0.1, 0.15) is 35.4 Å². The lowest BCUT2D eigenvalue weighted by Crippen LogP contribution is -2.55. The lowest BCUT2D eigenvalue weighted by molar-refractivity contribution is -0.179. The van der Waals surface area contributed by atoms with Crippen LogP contribution in [0, 0.1) is 17.5 Å². The number of thioether (sulfide) groups is 1. The fourth-order valence-corrected chi connectivity index (χ4v) is 6.79. The molecule has 234 valence electrons. The minimum absolute atomic E-state index is 0.0444. The molecule has 43 heavy (non-hydrogen) atoms. The largest absolute Gasteiger partial charge is 0.418 e. The number of ether oxygens (including phenoxy) is 2. The highest BCUT2D eigenvalue weighted by Crippen LogP contribution is 2.51. The first-order valence-electron chi connectivity index (χ1n) is 13.0. The molecule has 2 saturated heterocycles. The van der Waals surface area contributed by atoms with E-state index < -0.39 is 82.1 Å². The number of aliphatic hydroxyl groups excluding tert-OH is 3. The van der Waals surface area contributed by atoms with Crippen LogP contribution in [-0.4, -0.2) is 89.6 Å². The zero-order chi connectivity index (χ0) is 31.1. The Labute approximate surface area is 244 Å². The molecule has 0 radical (unpaired) electrons. The first-order valence-corrected chi connectivity index (χ1v) is 13.9. The van der Waals surface area contributed by atoms with Gasteiger partial charge in [0.25, 0.3) is 0 Å². The van der Waals surface area contributed by atoms with E-state index >= 15 is 0 Å². The van der Waals surface area contributed by atoms with Crippen LogP contribution in [0.2, 0.25) is 0 Å². The molecule has 2 fully saturated rings.